The summed E-state index contributed by atoms with van der Waals surface area (Å²) < 4.78 is 0. The van der Waals surface area contributed by atoms with Gasteiger partial charge in [-0.2, -0.15) is 0 Å². The zero-order chi connectivity index (χ0) is 22.7. The molecule has 0 spiro atoms. The van der Waals surface area contributed by atoms with Crippen LogP contribution in [0.25, 0.3) is 0 Å². The Hall–Kier alpha value is -2.21. The highest BCUT2D eigenvalue weighted by atomic mass is 16.3. The van der Waals surface area contributed by atoms with Gasteiger partial charge in [0, 0.05) is 40.4 Å². The quantitative estimate of drug-likeness (QED) is 0.817. The smallest absolute Gasteiger partial charge is 0.218 e. The Labute approximate surface area is 171 Å². The molecule has 0 saturated heterocycles. The van der Waals surface area contributed by atoms with Crippen molar-refractivity contribution in [3.63, 3.8) is 0 Å². The zero-order valence-corrected chi connectivity index (χ0v) is 19.1. The normalized spacial score (nSPS) is 9.96. The second-order valence-electron chi connectivity index (χ2n) is 7.01. The van der Waals surface area contributed by atoms with Gasteiger partial charge in [-0.15, -0.1) is 0 Å². The molecule has 1 aromatic rings. The molecule has 6 nitrogen and oxygen atoms in total. The molecule has 1 unspecified atom stereocenters. The highest BCUT2D eigenvalue weighted by Gasteiger charge is 1.96. The number of aliphatic hydroxyl groups excluding tert-OH is 1. The van der Waals surface area contributed by atoms with Gasteiger partial charge < -0.3 is 20.1 Å². The molecule has 2 N–H and O–H groups in total. The van der Waals surface area contributed by atoms with Crippen molar-refractivity contribution in [1.82, 2.24) is 10.2 Å². The van der Waals surface area contributed by atoms with Crippen LogP contribution in [-0.2, 0) is 14.4 Å². The summed E-state index contributed by atoms with van der Waals surface area (Å²) in [7, 11) is 3.45. The lowest BCUT2D eigenvalue weighted by Crippen LogP contribution is -2.27. The van der Waals surface area contributed by atoms with Crippen molar-refractivity contribution >= 4 is 17.6 Å². The summed E-state index contributed by atoms with van der Waals surface area (Å²) >= 11 is 0. The molecule has 2 amide bonds. The molecule has 1 atom stereocenters. The van der Waals surface area contributed by atoms with Crippen molar-refractivity contribution in [2.45, 2.75) is 73.5 Å². The van der Waals surface area contributed by atoms with E-state index >= 15 is 0 Å². The highest BCUT2D eigenvalue weighted by Crippen LogP contribution is 1.94. The van der Waals surface area contributed by atoms with Gasteiger partial charge in [0.2, 0.25) is 11.8 Å². The third-order valence-corrected chi connectivity index (χ3v) is 2.98. The number of Topliss-reactive ketones (excluding diaryl/α,β-unsaturated/α-hetero) is 1. The first-order valence-electron chi connectivity index (χ1n) is 9.43. The number of amides is 2. The largest absolute Gasteiger partial charge is 0.393 e. The Kier molecular flexibility index (Phi) is 21.3. The predicted molar refractivity (Wildman–Crippen MR) is 116 cm³/mol. The number of nitrogens with zero attached hydrogens (tertiary/aromatic N) is 1. The summed E-state index contributed by atoms with van der Waals surface area (Å²) in [5, 5.41) is 11.3. The van der Waals surface area contributed by atoms with Crippen molar-refractivity contribution in [2.24, 2.45) is 0 Å². The van der Waals surface area contributed by atoms with E-state index in [-0.39, 0.29) is 29.7 Å². The molecule has 162 valence electrons. The fourth-order valence-electron chi connectivity index (χ4n) is 1.35. The Morgan fingerprint density at radius 2 is 1.43 bits per heavy atom. The second kappa shape index (κ2) is 19.5. The van der Waals surface area contributed by atoms with Crippen molar-refractivity contribution in [3.05, 3.63) is 35.9 Å². The van der Waals surface area contributed by atoms with E-state index < -0.39 is 0 Å². The Morgan fingerprint density at radius 3 is 1.54 bits per heavy atom. The van der Waals surface area contributed by atoms with Crippen LogP contribution in [0.15, 0.2) is 30.3 Å². The molecular weight excluding hydrogens is 356 g/mol. The van der Waals surface area contributed by atoms with Gasteiger partial charge in [-0.3, -0.25) is 9.59 Å². The standard InChI is InChI=1S/C7H8.C6H12O2.C5H11NO.C4H9NO/c1-7-5-3-2-4-6-7;1-5(7)3-4-6(2)8;1-4(2)6-5(3)7;1-4(6)5(2)3/h2-6H,1H3;5,7H,3-4H2,1-2H3;4H,1-3H3,(H,6,7);1-3H3. The van der Waals surface area contributed by atoms with Crippen molar-refractivity contribution in [2.75, 3.05) is 14.1 Å². The van der Waals surface area contributed by atoms with Crippen LogP contribution in [0.2, 0.25) is 0 Å². The van der Waals surface area contributed by atoms with Crippen LogP contribution in [0.1, 0.15) is 59.9 Å². The van der Waals surface area contributed by atoms with E-state index in [1.165, 1.54) is 31.2 Å². The fourth-order valence-corrected chi connectivity index (χ4v) is 1.35. The summed E-state index contributed by atoms with van der Waals surface area (Å²) in [6.45, 7) is 12.2. The van der Waals surface area contributed by atoms with E-state index in [0.717, 1.165) is 0 Å². The van der Waals surface area contributed by atoms with E-state index in [0.29, 0.717) is 12.8 Å². The number of rotatable bonds is 4. The Balaban J connectivity index is -0.000000299. The lowest BCUT2D eigenvalue weighted by atomic mass is 10.2. The topological polar surface area (TPSA) is 86.7 Å². The molecule has 0 bridgehead atoms. The molecule has 0 aliphatic carbocycles. The molecular formula is C22H40N2O4. The van der Waals surface area contributed by atoms with Gasteiger partial charge in [-0.1, -0.05) is 35.9 Å². The third-order valence-electron chi connectivity index (χ3n) is 2.98. The van der Waals surface area contributed by atoms with Gasteiger partial charge in [0.1, 0.15) is 5.78 Å². The maximum Gasteiger partial charge on any atom is 0.218 e. The second-order valence-corrected chi connectivity index (χ2v) is 7.01. The van der Waals surface area contributed by atoms with E-state index in [1.54, 1.807) is 21.0 Å². The minimum Gasteiger partial charge on any atom is -0.393 e. The lowest BCUT2D eigenvalue weighted by molar-refractivity contribution is -0.126. The number of ketones is 1. The van der Waals surface area contributed by atoms with Gasteiger partial charge in [0.05, 0.1) is 6.10 Å². The minimum atomic E-state index is -0.334. The van der Waals surface area contributed by atoms with Gasteiger partial charge in [0.15, 0.2) is 0 Å². The summed E-state index contributed by atoms with van der Waals surface area (Å²) in [5.41, 5.74) is 1.32. The molecule has 0 aliphatic heterocycles. The van der Waals surface area contributed by atoms with Crippen LogP contribution in [0, 0.1) is 6.92 Å². The van der Waals surface area contributed by atoms with Crippen LogP contribution in [0.5, 0.6) is 0 Å². The van der Waals surface area contributed by atoms with E-state index in [9.17, 15) is 14.4 Å². The van der Waals surface area contributed by atoms with Crippen LogP contribution in [0.4, 0.5) is 0 Å². The number of nitrogens with one attached hydrogen (secondary N) is 1. The lowest BCUT2D eigenvalue weighted by Gasteiger charge is -2.02. The molecule has 1 rings (SSSR count). The molecule has 0 aliphatic rings. The van der Waals surface area contributed by atoms with E-state index in [1.807, 2.05) is 32.0 Å². The van der Waals surface area contributed by atoms with Gasteiger partial charge >= 0.3 is 0 Å². The number of carbonyl (C=O) groups is 3. The van der Waals surface area contributed by atoms with Crippen LogP contribution < -0.4 is 5.32 Å². The van der Waals surface area contributed by atoms with Crippen LogP contribution in [0.3, 0.4) is 0 Å². The molecule has 28 heavy (non-hydrogen) atoms. The van der Waals surface area contributed by atoms with Crippen molar-refractivity contribution < 1.29 is 19.5 Å². The molecule has 0 radical (unpaired) electrons. The van der Waals surface area contributed by atoms with Gasteiger partial charge in [-0.25, -0.2) is 0 Å². The van der Waals surface area contributed by atoms with Crippen molar-refractivity contribution in [1.29, 1.82) is 0 Å². The maximum atomic E-state index is 10.2. The Morgan fingerprint density at radius 1 is 1.00 bits per heavy atom. The minimum absolute atomic E-state index is 0.0370. The maximum absolute atomic E-state index is 10.2. The number of aliphatic hydroxyl groups is 1. The van der Waals surface area contributed by atoms with Crippen LogP contribution >= 0.6 is 0 Å². The number of hydrogen-bond acceptors (Lipinski definition) is 4. The average Bonchev–Trinajstić information content (AvgIpc) is 2.54. The third kappa shape index (κ3) is 35.0. The summed E-state index contributed by atoms with van der Waals surface area (Å²) in [4.78, 5) is 32.0. The summed E-state index contributed by atoms with van der Waals surface area (Å²) in [5.74, 6) is 0.274. The van der Waals surface area contributed by atoms with Gasteiger partial charge in [0.25, 0.3) is 0 Å². The molecule has 1 aromatic carbocycles. The van der Waals surface area contributed by atoms with Crippen LogP contribution in [-0.4, -0.2) is 53.8 Å². The number of hydrogen-bond donors (Lipinski definition) is 2. The monoisotopic (exact) mass is 396 g/mol. The zero-order valence-electron chi connectivity index (χ0n) is 19.1. The van der Waals surface area contributed by atoms with Crippen molar-refractivity contribution in [3.8, 4) is 0 Å². The SMILES string of the molecule is CC(=O)CCC(C)O.CC(=O)N(C)C.CC(=O)NC(C)C.Cc1ccccc1. The Bertz CT molecular complexity index is 527. The summed E-state index contributed by atoms with van der Waals surface area (Å²) in [6, 6.07) is 10.5. The fraction of sp³-hybridized carbons (Fsp3) is 0.591. The number of aryl methyl sites for hydroxylation is 1. The predicted octanol–water partition coefficient (Wildman–Crippen LogP) is 3.36. The molecule has 0 aromatic heterocycles. The first kappa shape index (κ1) is 30.5. The molecule has 0 fully saturated rings. The summed E-state index contributed by atoms with van der Waals surface area (Å²) in [6.07, 6.45) is 0.756. The number of benzene rings is 1. The molecule has 6 heteroatoms. The first-order chi connectivity index (χ1) is 12.8. The average molecular weight is 397 g/mol. The van der Waals surface area contributed by atoms with E-state index in [4.69, 9.17) is 5.11 Å². The van der Waals surface area contributed by atoms with E-state index in [2.05, 4.69) is 24.4 Å². The molecule has 0 heterocycles. The van der Waals surface area contributed by atoms with Gasteiger partial charge in [-0.05, 0) is 41.0 Å². The highest BCUT2D eigenvalue weighted by molar-refractivity contribution is 5.75. The first-order valence-corrected chi connectivity index (χ1v) is 9.43. The molecule has 0 saturated carbocycles. The number of carbonyl (C=O) groups excluding carboxylic acids is 3.